The summed E-state index contributed by atoms with van der Waals surface area (Å²) < 4.78 is 0. The fourth-order valence-electron chi connectivity index (χ4n) is 10.9. The van der Waals surface area contributed by atoms with Crippen molar-refractivity contribution in [2.24, 2.45) is 50.2 Å². The maximum Gasteiger partial charge on any atom is 0.309 e. The van der Waals surface area contributed by atoms with Crippen molar-refractivity contribution in [2.75, 3.05) is 0 Å². The summed E-state index contributed by atoms with van der Waals surface area (Å²) in [5.41, 5.74) is 0.182. The molecule has 1 unspecified atom stereocenters. The second-order valence-corrected chi connectivity index (χ2v) is 15.7. The van der Waals surface area contributed by atoms with E-state index < -0.39 is 11.4 Å². The van der Waals surface area contributed by atoms with Crippen molar-refractivity contribution in [3.8, 4) is 0 Å². The Labute approximate surface area is 223 Å². The molecule has 5 heteroatoms. The molecule has 4 fully saturated rings. The minimum absolute atomic E-state index is 0.0299. The van der Waals surface area contributed by atoms with Crippen LogP contribution in [0.4, 0.5) is 0 Å². The normalized spacial score (nSPS) is 50.5. The third-order valence-corrected chi connectivity index (χ3v) is 13.5. The number of ketones is 1. The highest BCUT2D eigenvalue weighted by Crippen LogP contribution is 2.75. The van der Waals surface area contributed by atoms with E-state index >= 15 is 0 Å². The Morgan fingerprint density at radius 1 is 0.919 bits per heavy atom. The van der Waals surface area contributed by atoms with Gasteiger partial charge in [0.15, 0.2) is 5.78 Å². The van der Waals surface area contributed by atoms with Gasteiger partial charge in [-0.15, -0.1) is 0 Å². The van der Waals surface area contributed by atoms with Crippen LogP contribution in [-0.4, -0.2) is 28.8 Å². The predicted molar refractivity (Wildman–Crippen MR) is 145 cm³/mol. The van der Waals surface area contributed by atoms with Crippen molar-refractivity contribution in [3.05, 3.63) is 11.6 Å². The van der Waals surface area contributed by atoms with Gasteiger partial charge in [-0.3, -0.25) is 14.4 Å². The van der Waals surface area contributed by atoms with Crippen molar-refractivity contribution in [1.29, 1.82) is 0 Å². The average molecular weight is 512 g/mol. The van der Waals surface area contributed by atoms with Crippen LogP contribution < -0.4 is 5.32 Å². The van der Waals surface area contributed by atoms with E-state index in [0.29, 0.717) is 12.3 Å². The summed E-state index contributed by atoms with van der Waals surface area (Å²) in [5.74, 6) is 0.0963. The van der Waals surface area contributed by atoms with Crippen molar-refractivity contribution < 1.29 is 19.5 Å². The molecule has 5 nitrogen and oxygen atoms in total. The molecular weight excluding hydrogens is 462 g/mol. The summed E-state index contributed by atoms with van der Waals surface area (Å²) in [6.07, 6.45) is 10.4. The molecule has 37 heavy (non-hydrogen) atoms. The van der Waals surface area contributed by atoms with Crippen LogP contribution in [0.25, 0.3) is 0 Å². The van der Waals surface area contributed by atoms with Gasteiger partial charge < -0.3 is 10.4 Å². The average Bonchev–Trinajstić information content (AvgIpc) is 2.78. The molecule has 0 aliphatic heterocycles. The smallest absolute Gasteiger partial charge is 0.309 e. The lowest BCUT2D eigenvalue weighted by molar-refractivity contribution is -0.190. The molecule has 0 saturated heterocycles. The van der Waals surface area contributed by atoms with Gasteiger partial charge in [0.05, 0.1) is 5.41 Å². The first kappa shape index (κ1) is 26.9. The number of fused-ring (bicyclic) bond motifs is 7. The number of amides is 1. The third-order valence-electron chi connectivity index (χ3n) is 13.5. The summed E-state index contributed by atoms with van der Waals surface area (Å²) >= 11 is 0. The number of hydrogen-bond donors (Lipinski definition) is 2. The molecule has 0 bridgehead atoms. The standard InChI is InChI=1S/C32H49NO4/c1-19(34)33-24-10-11-30(6)23(27(24,2)3)9-12-32(8)25(30)22(35)17-20-21-18-29(5,26(36)37)14-13-28(21,4)15-16-31(20,32)7/h17,21,23-25H,9-16,18H2,1-8H3,(H,33,34)(H,36,37)/t21-,23?,24+,25+,28+,29-,30-,31+,32+/m0/s1. The Hall–Kier alpha value is -1.65. The third kappa shape index (κ3) is 3.43. The number of hydrogen-bond acceptors (Lipinski definition) is 3. The van der Waals surface area contributed by atoms with Gasteiger partial charge >= 0.3 is 5.97 Å². The molecule has 0 radical (unpaired) electrons. The summed E-state index contributed by atoms with van der Waals surface area (Å²) in [6, 6.07) is 0.138. The Bertz CT molecular complexity index is 1080. The topological polar surface area (TPSA) is 83.5 Å². The first-order valence-electron chi connectivity index (χ1n) is 14.7. The van der Waals surface area contributed by atoms with Crippen molar-refractivity contribution in [2.45, 2.75) is 119 Å². The Morgan fingerprint density at radius 2 is 1.57 bits per heavy atom. The molecule has 5 rings (SSSR count). The van der Waals surface area contributed by atoms with E-state index in [0.717, 1.165) is 51.4 Å². The Balaban J connectivity index is 1.58. The van der Waals surface area contributed by atoms with Crippen LogP contribution in [-0.2, 0) is 14.4 Å². The number of rotatable bonds is 2. The summed E-state index contributed by atoms with van der Waals surface area (Å²) in [4.78, 5) is 38.7. The highest BCUT2D eigenvalue weighted by molar-refractivity contribution is 5.95. The zero-order chi connectivity index (χ0) is 27.4. The lowest BCUT2D eigenvalue weighted by atomic mass is 9.33. The molecule has 0 aromatic rings. The van der Waals surface area contributed by atoms with Crippen LogP contribution in [0.5, 0.6) is 0 Å². The molecule has 1 amide bonds. The first-order valence-corrected chi connectivity index (χ1v) is 14.7. The monoisotopic (exact) mass is 511 g/mol. The van der Waals surface area contributed by atoms with E-state index in [1.807, 2.05) is 13.0 Å². The van der Waals surface area contributed by atoms with Crippen molar-refractivity contribution in [3.63, 3.8) is 0 Å². The fourth-order valence-corrected chi connectivity index (χ4v) is 10.9. The molecule has 4 saturated carbocycles. The second kappa shape index (κ2) is 7.94. The van der Waals surface area contributed by atoms with Crippen LogP contribution in [0.2, 0.25) is 0 Å². The lowest BCUT2D eigenvalue weighted by Gasteiger charge is -2.70. The zero-order valence-corrected chi connectivity index (χ0v) is 24.4. The SMILES string of the molecule is CC(=O)N[C@@H]1CC[C@@]2(C)C(CC[C@]3(C)[C@@H]2C(=O)C=C2[C@@H]4C[C@@](C)(C(=O)O)CC[C@]4(C)CC[C@]23C)C1(C)C. The number of carboxylic acid groups (broad SMARTS) is 1. The Kier molecular flexibility index (Phi) is 5.78. The first-order chi connectivity index (χ1) is 16.9. The van der Waals surface area contributed by atoms with Crippen LogP contribution in [0.3, 0.4) is 0 Å². The maximum absolute atomic E-state index is 14.4. The molecule has 0 spiro atoms. The van der Waals surface area contributed by atoms with Gasteiger partial charge in [0.1, 0.15) is 0 Å². The van der Waals surface area contributed by atoms with E-state index in [1.54, 1.807) is 6.92 Å². The molecular formula is C32H49NO4. The van der Waals surface area contributed by atoms with Gasteiger partial charge in [0.25, 0.3) is 0 Å². The lowest BCUT2D eigenvalue weighted by Crippen LogP contribution is -2.67. The molecule has 2 N–H and O–H groups in total. The predicted octanol–water partition coefficient (Wildman–Crippen LogP) is 6.56. The number of allylic oxidation sites excluding steroid dienone is 2. The van der Waals surface area contributed by atoms with Gasteiger partial charge in [0, 0.05) is 18.9 Å². The number of nitrogens with one attached hydrogen (secondary N) is 1. The van der Waals surface area contributed by atoms with E-state index in [9.17, 15) is 19.5 Å². The fraction of sp³-hybridized carbons (Fsp3) is 0.844. The van der Waals surface area contributed by atoms with Gasteiger partial charge in [-0.25, -0.2) is 0 Å². The number of carbonyl (C=O) groups excluding carboxylic acids is 2. The Morgan fingerprint density at radius 3 is 2.19 bits per heavy atom. The number of carboxylic acids is 1. The molecule has 0 aromatic carbocycles. The molecule has 5 aliphatic carbocycles. The molecule has 0 aromatic heterocycles. The maximum atomic E-state index is 14.4. The van der Waals surface area contributed by atoms with Crippen LogP contribution >= 0.6 is 0 Å². The van der Waals surface area contributed by atoms with E-state index in [4.69, 9.17) is 0 Å². The minimum atomic E-state index is -0.722. The minimum Gasteiger partial charge on any atom is -0.481 e. The van der Waals surface area contributed by atoms with E-state index in [-0.39, 0.29) is 56.6 Å². The van der Waals surface area contributed by atoms with Gasteiger partial charge in [-0.2, -0.15) is 0 Å². The van der Waals surface area contributed by atoms with Crippen LogP contribution in [0.15, 0.2) is 11.6 Å². The largest absolute Gasteiger partial charge is 0.481 e. The number of carbonyl (C=O) groups is 3. The van der Waals surface area contributed by atoms with Crippen molar-refractivity contribution in [1.82, 2.24) is 5.32 Å². The molecule has 5 aliphatic rings. The summed E-state index contributed by atoms with van der Waals surface area (Å²) in [6.45, 7) is 17.7. The van der Waals surface area contributed by atoms with Gasteiger partial charge in [0.2, 0.25) is 5.91 Å². The molecule has 0 heterocycles. The highest BCUT2D eigenvalue weighted by atomic mass is 16.4. The van der Waals surface area contributed by atoms with Crippen LogP contribution in [0.1, 0.15) is 113 Å². The molecule has 206 valence electrons. The van der Waals surface area contributed by atoms with Gasteiger partial charge in [-0.1, -0.05) is 47.1 Å². The van der Waals surface area contributed by atoms with E-state index in [1.165, 1.54) is 5.57 Å². The quantitative estimate of drug-likeness (QED) is 0.440. The highest BCUT2D eigenvalue weighted by Gasteiger charge is 2.70. The number of aliphatic carboxylic acids is 1. The second-order valence-electron chi connectivity index (χ2n) is 15.7. The zero-order valence-electron chi connectivity index (χ0n) is 24.4. The molecule has 9 atom stereocenters. The van der Waals surface area contributed by atoms with Crippen molar-refractivity contribution >= 4 is 17.7 Å². The van der Waals surface area contributed by atoms with Gasteiger partial charge in [-0.05, 0) is 110 Å². The summed E-state index contributed by atoms with van der Waals surface area (Å²) in [7, 11) is 0. The van der Waals surface area contributed by atoms with E-state index in [2.05, 4.69) is 46.9 Å². The van der Waals surface area contributed by atoms with Crippen LogP contribution in [0, 0.1) is 50.2 Å². The summed E-state index contributed by atoms with van der Waals surface area (Å²) in [5, 5.41) is 13.3.